The number of methoxy groups -OCH3 is 2. The lowest BCUT2D eigenvalue weighted by molar-refractivity contribution is 0.102. The van der Waals surface area contributed by atoms with Crippen LogP contribution in [0.2, 0.25) is 0 Å². The highest BCUT2D eigenvalue weighted by Gasteiger charge is 2.35. The number of aromatic nitrogens is 2. The van der Waals surface area contributed by atoms with E-state index in [1.165, 1.54) is 18.5 Å². The summed E-state index contributed by atoms with van der Waals surface area (Å²) in [6, 6.07) is 11.7. The summed E-state index contributed by atoms with van der Waals surface area (Å²) in [5.74, 6) is 0.843. The minimum Gasteiger partial charge on any atom is -0.497 e. The molecule has 0 bridgehead atoms. The quantitative estimate of drug-likeness (QED) is 0.607. The molecule has 1 aliphatic rings. The van der Waals surface area contributed by atoms with Crippen molar-refractivity contribution in [3.05, 3.63) is 64.8 Å². The molecule has 2 heterocycles. The lowest BCUT2D eigenvalue weighted by Crippen LogP contribution is -2.27. The Morgan fingerprint density at radius 1 is 1.10 bits per heavy atom. The Bertz CT molecular complexity index is 1230. The molecule has 10 heteroatoms. The summed E-state index contributed by atoms with van der Waals surface area (Å²) in [7, 11) is -0.682. The van der Waals surface area contributed by atoms with E-state index < -0.39 is 15.9 Å². The van der Waals surface area contributed by atoms with Gasteiger partial charge in [0.2, 0.25) is 10.0 Å². The van der Waals surface area contributed by atoms with Gasteiger partial charge in [0.25, 0.3) is 5.91 Å². The molecule has 0 atom stereocenters. The molecular formula is C21H22N4O5S. The molecule has 2 N–H and O–H groups in total. The molecule has 162 valence electrons. The van der Waals surface area contributed by atoms with Crippen LogP contribution in [0.4, 0.5) is 5.82 Å². The normalized spacial score (nSPS) is 13.6. The highest BCUT2D eigenvalue weighted by molar-refractivity contribution is 7.89. The molecule has 0 fully saturated rings. The zero-order valence-electron chi connectivity index (χ0n) is 17.3. The summed E-state index contributed by atoms with van der Waals surface area (Å²) in [5.41, 5.74) is 2.29. The molecule has 31 heavy (non-hydrogen) atoms. The van der Waals surface area contributed by atoms with Crippen molar-refractivity contribution >= 4 is 21.7 Å². The molecular weight excluding hydrogens is 420 g/mol. The number of amides is 1. The van der Waals surface area contributed by atoms with Crippen molar-refractivity contribution in [1.82, 2.24) is 14.5 Å². The number of anilines is 1. The average Bonchev–Trinajstić information content (AvgIpc) is 3.36. The third-order valence-corrected chi connectivity index (χ3v) is 7.13. The molecule has 0 unspecified atom stereocenters. The molecule has 9 nitrogen and oxygen atoms in total. The molecule has 1 aliphatic heterocycles. The van der Waals surface area contributed by atoms with Gasteiger partial charge in [0.1, 0.15) is 11.5 Å². The van der Waals surface area contributed by atoms with Crippen LogP contribution in [0.5, 0.6) is 11.5 Å². The first kappa shape index (κ1) is 20.9. The number of benzene rings is 2. The van der Waals surface area contributed by atoms with E-state index in [0.29, 0.717) is 39.7 Å². The summed E-state index contributed by atoms with van der Waals surface area (Å²) in [4.78, 5) is 13.1. The molecule has 1 aromatic heterocycles. The van der Waals surface area contributed by atoms with Crippen LogP contribution in [0.15, 0.2) is 47.4 Å². The van der Waals surface area contributed by atoms with Crippen molar-refractivity contribution in [3.63, 3.8) is 0 Å². The predicted molar refractivity (Wildman–Crippen MR) is 114 cm³/mol. The van der Waals surface area contributed by atoms with Gasteiger partial charge in [0.15, 0.2) is 5.82 Å². The Balaban J connectivity index is 1.56. The highest BCUT2D eigenvalue weighted by atomic mass is 32.2. The van der Waals surface area contributed by atoms with Gasteiger partial charge in [0.05, 0.1) is 31.4 Å². The molecule has 3 aromatic rings. The van der Waals surface area contributed by atoms with E-state index in [1.54, 1.807) is 49.4 Å². The van der Waals surface area contributed by atoms with Crippen LogP contribution in [-0.2, 0) is 23.1 Å². The standard InChI is InChI=1S/C21H22N4O5S/c1-13-6-4-5-7-19(13)31(27,28)25-11-17-18(12-25)23-24-20(17)22-21(26)14-8-15(29-2)10-16(9-14)30-3/h4-10H,11-12H2,1-3H3,(H2,22,23,24,26). The topological polar surface area (TPSA) is 114 Å². The van der Waals surface area contributed by atoms with Gasteiger partial charge < -0.3 is 14.8 Å². The number of sulfonamides is 1. The second-order valence-corrected chi connectivity index (χ2v) is 9.03. The number of nitrogens with zero attached hydrogens (tertiary/aromatic N) is 2. The summed E-state index contributed by atoms with van der Waals surface area (Å²) in [6.07, 6.45) is 0. The fourth-order valence-corrected chi connectivity index (χ4v) is 5.09. The van der Waals surface area contributed by atoms with E-state index in [-0.39, 0.29) is 18.0 Å². The molecule has 0 aliphatic carbocycles. The minimum atomic E-state index is -3.68. The molecule has 4 rings (SSSR count). The zero-order valence-corrected chi connectivity index (χ0v) is 18.1. The van der Waals surface area contributed by atoms with Crippen molar-refractivity contribution in [1.29, 1.82) is 0 Å². The Morgan fingerprint density at radius 3 is 2.42 bits per heavy atom. The zero-order chi connectivity index (χ0) is 22.2. The number of hydrogen-bond donors (Lipinski definition) is 2. The highest BCUT2D eigenvalue weighted by Crippen LogP contribution is 2.33. The maximum atomic E-state index is 13.1. The largest absolute Gasteiger partial charge is 0.497 e. The number of hydrogen-bond acceptors (Lipinski definition) is 6. The molecule has 0 saturated carbocycles. The first-order valence-corrected chi connectivity index (χ1v) is 10.9. The maximum absolute atomic E-state index is 13.1. The van der Waals surface area contributed by atoms with Gasteiger partial charge in [-0.15, -0.1) is 0 Å². The number of ether oxygens (including phenoxy) is 2. The third-order valence-electron chi connectivity index (χ3n) is 5.18. The van der Waals surface area contributed by atoms with Gasteiger partial charge in [-0.1, -0.05) is 18.2 Å². The SMILES string of the molecule is COc1cc(OC)cc(C(=O)Nc2n[nH]c3c2CN(S(=O)(=O)c2ccccc2C)C3)c1. The number of nitrogens with one attached hydrogen (secondary N) is 2. The number of carbonyl (C=O) groups excluding carboxylic acids is 1. The lowest BCUT2D eigenvalue weighted by atomic mass is 10.2. The molecule has 0 radical (unpaired) electrons. The van der Waals surface area contributed by atoms with Gasteiger partial charge >= 0.3 is 0 Å². The van der Waals surface area contributed by atoms with Crippen LogP contribution in [0.25, 0.3) is 0 Å². The number of aryl methyl sites for hydroxylation is 1. The van der Waals surface area contributed by atoms with E-state index in [9.17, 15) is 13.2 Å². The van der Waals surface area contributed by atoms with Gasteiger partial charge in [-0.25, -0.2) is 8.42 Å². The second kappa shape index (κ2) is 8.05. The van der Waals surface area contributed by atoms with Gasteiger partial charge in [-0.2, -0.15) is 9.40 Å². The monoisotopic (exact) mass is 442 g/mol. The molecule has 0 saturated heterocycles. The number of carbonyl (C=O) groups is 1. The van der Waals surface area contributed by atoms with Crippen molar-refractivity contribution in [2.75, 3.05) is 19.5 Å². The van der Waals surface area contributed by atoms with E-state index >= 15 is 0 Å². The summed E-state index contributed by atoms with van der Waals surface area (Å²) in [5, 5.41) is 9.74. The minimum absolute atomic E-state index is 0.111. The molecule has 0 spiro atoms. The van der Waals surface area contributed by atoms with Crippen LogP contribution in [0.3, 0.4) is 0 Å². The first-order valence-electron chi connectivity index (χ1n) is 9.50. The van der Waals surface area contributed by atoms with E-state index in [0.717, 1.165) is 0 Å². The summed E-state index contributed by atoms with van der Waals surface area (Å²) in [6.45, 7) is 2.03. The van der Waals surface area contributed by atoms with Crippen molar-refractivity contribution in [2.24, 2.45) is 0 Å². The number of aromatic amines is 1. The number of fused-ring (bicyclic) bond motifs is 1. The van der Waals surface area contributed by atoms with Crippen LogP contribution < -0.4 is 14.8 Å². The van der Waals surface area contributed by atoms with Crippen molar-refractivity contribution in [2.45, 2.75) is 24.9 Å². The number of rotatable bonds is 6. The maximum Gasteiger partial charge on any atom is 0.257 e. The third kappa shape index (κ3) is 3.87. The smallest absolute Gasteiger partial charge is 0.257 e. The fraction of sp³-hybridized carbons (Fsp3) is 0.238. The Morgan fingerprint density at radius 2 is 1.77 bits per heavy atom. The Labute approximate surface area is 180 Å². The summed E-state index contributed by atoms with van der Waals surface area (Å²) >= 11 is 0. The van der Waals surface area contributed by atoms with Crippen LogP contribution >= 0.6 is 0 Å². The molecule has 1 amide bonds. The van der Waals surface area contributed by atoms with Gasteiger partial charge in [0, 0.05) is 23.7 Å². The van der Waals surface area contributed by atoms with Crippen molar-refractivity contribution in [3.8, 4) is 11.5 Å². The predicted octanol–water partition coefficient (Wildman–Crippen LogP) is 2.69. The second-order valence-electron chi connectivity index (χ2n) is 7.12. The van der Waals surface area contributed by atoms with Crippen LogP contribution in [-0.4, -0.2) is 43.0 Å². The average molecular weight is 442 g/mol. The van der Waals surface area contributed by atoms with Gasteiger partial charge in [-0.3, -0.25) is 9.89 Å². The van der Waals surface area contributed by atoms with E-state index in [2.05, 4.69) is 15.5 Å². The van der Waals surface area contributed by atoms with Crippen molar-refractivity contribution < 1.29 is 22.7 Å². The Kier molecular flexibility index (Phi) is 5.42. The number of H-pyrrole nitrogens is 1. The van der Waals surface area contributed by atoms with E-state index in [1.807, 2.05) is 0 Å². The Hall–Kier alpha value is -3.37. The fourth-order valence-electron chi connectivity index (χ4n) is 3.49. The van der Waals surface area contributed by atoms with E-state index in [4.69, 9.17) is 9.47 Å². The molecule has 2 aromatic carbocycles. The van der Waals surface area contributed by atoms with Crippen LogP contribution in [0, 0.1) is 6.92 Å². The van der Waals surface area contributed by atoms with Gasteiger partial charge in [-0.05, 0) is 30.7 Å². The van der Waals surface area contributed by atoms with Crippen LogP contribution in [0.1, 0.15) is 27.2 Å². The first-order chi connectivity index (χ1) is 14.8. The summed E-state index contributed by atoms with van der Waals surface area (Å²) < 4.78 is 38.0. The lowest BCUT2D eigenvalue weighted by Gasteiger charge is -2.17.